The molecule has 0 unspecified atom stereocenters. The number of benzene rings is 2. The van der Waals surface area contributed by atoms with Gasteiger partial charge in [-0.25, -0.2) is 0 Å². The van der Waals surface area contributed by atoms with Gasteiger partial charge < -0.3 is 5.32 Å². The predicted octanol–water partition coefficient (Wildman–Crippen LogP) is 4.67. The second-order valence-corrected chi connectivity index (χ2v) is 8.59. The van der Waals surface area contributed by atoms with Gasteiger partial charge in [-0.2, -0.15) is 5.26 Å². The van der Waals surface area contributed by atoms with Crippen molar-refractivity contribution in [2.45, 2.75) is 32.9 Å². The first-order chi connectivity index (χ1) is 14.1. The van der Waals surface area contributed by atoms with Gasteiger partial charge in [0.1, 0.15) is 11.1 Å². The van der Waals surface area contributed by atoms with E-state index < -0.39 is 0 Å². The number of aryl methyl sites for hydroxylation is 1. The van der Waals surface area contributed by atoms with E-state index in [4.69, 9.17) is 0 Å². The fourth-order valence-electron chi connectivity index (χ4n) is 3.82. The molecule has 2 heterocycles. The maximum Gasteiger partial charge on any atom is 0.229 e. The number of hydrogen-bond acceptors (Lipinski definition) is 4. The summed E-state index contributed by atoms with van der Waals surface area (Å²) in [5, 5.41) is 13.4. The van der Waals surface area contributed by atoms with Gasteiger partial charge in [-0.3, -0.25) is 9.69 Å². The number of nitrogens with one attached hydrogen (secondary N) is 1. The molecule has 0 bridgehead atoms. The van der Waals surface area contributed by atoms with Gasteiger partial charge >= 0.3 is 0 Å². The van der Waals surface area contributed by atoms with Gasteiger partial charge in [-0.15, -0.1) is 11.3 Å². The van der Waals surface area contributed by atoms with Crippen molar-refractivity contribution in [2.75, 3.05) is 11.9 Å². The molecule has 0 saturated heterocycles. The van der Waals surface area contributed by atoms with Crippen molar-refractivity contribution in [1.29, 1.82) is 5.26 Å². The quantitative estimate of drug-likeness (QED) is 0.676. The van der Waals surface area contributed by atoms with Crippen molar-refractivity contribution in [3.63, 3.8) is 0 Å². The molecule has 1 aromatic heterocycles. The number of rotatable bonds is 5. The van der Waals surface area contributed by atoms with Crippen LogP contribution in [-0.2, 0) is 30.7 Å². The standard InChI is InChI=1S/C24H23N3OS/c1-17-6-5-9-19(12-17)13-23(28)26-24-21(14-25)20-10-11-27(16-22(20)29-24)15-18-7-3-2-4-8-18/h2-9,12H,10-11,13,15-16H2,1H3,(H,26,28). The molecule has 1 amide bonds. The molecule has 29 heavy (non-hydrogen) atoms. The van der Waals surface area contributed by atoms with E-state index in [0.717, 1.165) is 42.7 Å². The Kier molecular flexibility index (Phi) is 5.75. The van der Waals surface area contributed by atoms with E-state index in [0.29, 0.717) is 17.0 Å². The Hall–Kier alpha value is -2.94. The highest BCUT2D eigenvalue weighted by Crippen LogP contribution is 2.37. The molecule has 3 aromatic rings. The van der Waals surface area contributed by atoms with Crippen LogP contribution in [0.5, 0.6) is 0 Å². The number of hydrogen-bond donors (Lipinski definition) is 1. The first-order valence-electron chi connectivity index (χ1n) is 9.78. The minimum atomic E-state index is -0.0770. The highest BCUT2D eigenvalue weighted by molar-refractivity contribution is 7.16. The number of anilines is 1. The summed E-state index contributed by atoms with van der Waals surface area (Å²) in [5.74, 6) is -0.0770. The lowest BCUT2D eigenvalue weighted by Gasteiger charge is -2.26. The molecule has 0 radical (unpaired) electrons. The van der Waals surface area contributed by atoms with Crippen LogP contribution in [0.25, 0.3) is 0 Å². The van der Waals surface area contributed by atoms with Crippen LogP contribution in [-0.4, -0.2) is 17.4 Å². The first-order valence-corrected chi connectivity index (χ1v) is 10.6. The van der Waals surface area contributed by atoms with Crippen molar-refractivity contribution >= 4 is 22.2 Å². The van der Waals surface area contributed by atoms with Crippen LogP contribution in [0.4, 0.5) is 5.00 Å². The second kappa shape index (κ2) is 8.60. The Bertz CT molecular complexity index is 1070. The van der Waals surface area contributed by atoms with E-state index in [1.165, 1.54) is 10.4 Å². The summed E-state index contributed by atoms with van der Waals surface area (Å²) in [6, 6.07) is 20.7. The van der Waals surface area contributed by atoms with E-state index in [2.05, 4.69) is 40.6 Å². The number of nitrogens with zero attached hydrogens (tertiary/aromatic N) is 2. The molecule has 0 fully saturated rings. The molecule has 4 rings (SSSR count). The molecule has 2 aromatic carbocycles. The van der Waals surface area contributed by atoms with Crippen LogP contribution in [0.1, 0.15) is 32.7 Å². The van der Waals surface area contributed by atoms with E-state index in [1.807, 2.05) is 37.3 Å². The fourth-order valence-corrected chi connectivity index (χ4v) is 5.07. The lowest BCUT2D eigenvalue weighted by atomic mass is 10.0. The van der Waals surface area contributed by atoms with E-state index >= 15 is 0 Å². The van der Waals surface area contributed by atoms with Gasteiger partial charge in [0.2, 0.25) is 5.91 Å². The largest absolute Gasteiger partial charge is 0.316 e. The second-order valence-electron chi connectivity index (χ2n) is 7.48. The molecular weight excluding hydrogens is 378 g/mol. The molecule has 0 atom stereocenters. The van der Waals surface area contributed by atoms with Crippen molar-refractivity contribution in [2.24, 2.45) is 0 Å². The summed E-state index contributed by atoms with van der Waals surface area (Å²) < 4.78 is 0. The van der Waals surface area contributed by atoms with Crippen molar-refractivity contribution < 1.29 is 4.79 Å². The summed E-state index contributed by atoms with van der Waals surface area (Å²) in [5.41, 5.74) is 5.16. The molecule has 0 saturated carbocycles. The average Bonchev–Trinajstić information content (AvgIpc) is 3.04. The van der Waals surface area contributed by atoms with Crippen molar-refractivity contribution in [3.8, 4) is 6.07 Å². The molecule has 146 valence electrons. The van der Waals surface area contributed by atoms with Gasteiger partial charge in [-0.05, 0) is 30.0 Å². The molecule has 1 N–H and O–H groups in total. The van der Waals surface area contributed by atoms with Gasteiger partial charge in [0, 0.05) is 24.5 Å². The van der Waals surface area contributed by atoms with E-state index in [9.17, 15) is 10.1 Å². The van der Waals surface area contributed by atoms with Crippen LogP contribution < -0.4 is 5.32 Å². The highest BCUT2D eigenvalue weighted by Gasteiger charge is 2.25. The normalized spacial score (nSPS) is 13.5. The van der Waals surface area contributed by atoms with Crippen molar-refractivity contribution in [1.82, 2.24) is 4.90 Å². The van der Waals surface area contributed by atoms with Crippen LogP contribution in [0.2, 0.25) is 0 Å². The molecule has 4 nitrogen and oxygen atoms in total. The van der Waals surface area contributed by atoms with Crippen LogP contribution >= 0.6 is 11.3 Å². The van der Waals surface area contributed by atoms with Gasteiger partial charge in [0.15, 0.2) is 0 Å². The Labute approximate surface area is 175 Å². The summed E-state index contributed by atoms with van der Waals surface area (Å²) in [7, 11) is 0. The number of carbonyl (C=O) groups is 1. The highest BCUT2D eigenvalue weighted by atomic mass is 32.1. The molecule has 5 heteroatoms. The maximum atomic E-state index is 12.6. The zero-order valence-corrected chi connectivity index (χ0v) is 17.3. The SMILES string of the molecule is Cc1cccc(CC(=O)Nc2sc3c(c2C#N)CCN(Cc2ccccc2)C3)c1. The number of carbonyl (C=O) groups excluding carboxylic acids is 1. The van der Waals surface area contributed by atoms with Crippen LogP contribution in [0.3, 0.4) is 0 Å². The molecule has 0 aliphatic carbocycles. The number of thiophene rings is 1. The summed E-state index contributed by atoms with van der Waals surface area (Å²) in [6.07, 6.45) is 1.16. The van der Waals surface area contributed by atoms with Crippen LogP contribution in [0.15, 0.2) is 54.6 Å². The third-order valence-electron chi connectivity index (χ3n) is 5.20. The smallest absolute Gasteiger partial charge is 0.229 e. The molecular formula is C24H23N3OS. The first kappa shape index (κ1) is 19.4. The van der Waals surface area contributed by atoms with Gasteiger partial charge in [0.25, 0.3) is 0 Å². The average molecular weight is 402 g/mol. The summed E-state index contributed by atoms with van der Waals surface area (Å²) in [4.78, 5) is 16.1. The maximum absolute atomic E-state index is 12.6. The number of fused-ring (bicyclic) bond motifs is 1. The summed E-state index contributed by atoms with van der Waals surface area (Å²) in [6.45, 7) is 4.65. The minimum absolute atomic E-state index is 0.0770. The Balaban J connectivity index is 1.47. The molecule has 1 aliphatic rings. The topological polar surface area (TPSA) is 56.1 Å². The van der Waals surface area contributed by atoms with Gasteiger partial charge in [0.05, 0.1) is 12.0 Å². The Morgan fingerprint density at radius 1 is 1.17 bits per heavy atom. The fraction of sp³-hybridized carbons (Fsp3) is 0.250. The minimum Gasteiger partial charge on any atom is -0.316 e. The zero-order chi connectivity index (χ0) is 20.2. The molecule has 1 aliphatic heterocycles. The number of amides is 1. The zero-order valence-electron chi connectivity index (χ0n) is 16.4. The van der Waals surface area contributed by atoms with E-state index in [-0.39, 0.29) is 5.91 Å². The lowest BCUT2D eigenvalue weighted by molar-refractivity contribution is -0.115. The monoisotopic (exact) mass is 401 g/mol. The predicted molar refractivity (Wildman–Crippen MR) is 117 cm³/mol. The van der Waals surface area contributed by atoms with Crippen LogP contribution in [0, 0.1) is 18.3 Å². The summed E-state index contributed by atoms with van der Waals surface area (Å²) >= 11 is 1.55. The Morgan fingerprint density at radius 3 is 2.72 bits per heavy atom. The molecule has 0 spiro atoms. The van der Waals surface area contributed by atoms with Crippen molar-refractivity contribution in [3.05, 3.63) is 87.3 Å². The Morgan fingerprint density at radius 2 is 1.97 bits per heavy atom. The lowest BCUT2D eigenvalue weighted by Crippen LogP contribution is -2.29. The van der Waals surface area contributed by atoms with Gasteiger partial charge in [-0.1, -0.05) is 60.2 Å². The number of nitriles is 1. The van der Waals surface area contributed by atoms with E-state index in [1.54, 1.807) is 11.3 Å². The third kappa shape index (κ3) is 4.56. The third-order valence-corrected chi connectivity index (χ3v) is 6.33.